The Hall–Kier alpha value is -1.35. The van der Waals surface area contributed by atoms with E-state index in [9.17, 15) is 9.90 Å². The lowest BCUT2D eigenvalue weighted by atomic mass is 10.1. The van der Waals surface area contributed by atoms with E-state index in [1.165, 1.54) is 12.8 Å². The zero-order valence-corrected chi connectivity index (χ0v) is 8.65. The van der Waals surface area contributed by atoms with E-state index < -0.39 is 0 Å². The summed E-state index contributed by atoms with van der Waals surface area (Å²) in [5, 5.41) is 9.35. The van der Waals surface area contributed by atoms with Crippen LogP contribution < -0.4 is 0 Å². The van der Waals surface area contributed by atoms with Crippen molar-refractivity contribution in [1.29, 1.82) is 0 Å². The number of hydrogen-bond donors (Lipinski definition) is 1. The van der Waals surface area contributed by atoms with Crippen LogP contribution in [0.3, 0.4) is 0 Å². The molecule has 0 atom stereocenters. The van der Waals surface area contributed by atoms with Crippen LogP contribution >= 0.6 is 0 Å². The molecule has 2 rings (SSSR count). The molecule has 1 N–H and O–H groups in total. The van der Waals surface area contributed by atoms with Gasteiger partial charge in [-0.05, 0) is 43.6 Å². The van der Waals surface area contributed by atoms with Gasteiger partial charge in [0.25, 0.3) is 0 Å². The summed E-state index contributed by atoms with van der Waals surface area (Å²) >= 11 is 0. The van der Waals surface area contributed by atoms with Gasteiger partial charge in [0.15, 0.2) is 6.29 Å². The molecule has 0 aliphatic carbocycles. The van der Waals surface area contributed by atoms with E-state index in [0.717, 1.165) is 25.2 Å². The maximum atomic E-state index is 10.6. The normalized spacial score (nSPS) is 16.8. The van der Waals surface area contributed by atoms with Crippen LogP contribution in [0.2, 0.25) is 0 Å². The fraction of sp³-hybridized carbons (Fsp3) is 0.417. The van der Waals surface area contributed by atoms with Crippen LogP contribution in [0.15, 0.2) is 18.2 Å². The highest BCUT2D eigenvalue weighted by Crippen LogP contribution is 2.19. The Labute approximate surface area is 89.3 Å². The molecule has 0 saturated carbocycles. The van der Waals surface area contributed by atoms with Crippen molar-refractivity contribution in [2.24, 2.45) is 0 Å². The third-order valence-corrected chi connectivity index (χ3v) is 2.82. The van der Waals surface area contributed by atoms with Crippen molar-refractivity contribution in [3.05, 3.63) is 29.3 Å². The number of aldehydes is 1. The second-order valence-corrected chi connectivity index (χ2v) is 3.99. The minimum atomic E-state index is 0.0650. The second kappa shape index (κ2) is 4.45. The Kier molecular flexibility index (Phi) is 3.02. The Morgan fingerprint density at radius 3 is 2.73 bits per heavy atom. The first-order valence-corrected chi connectivity index (χ1v) is 5.29. The summed E-state index contributed by atoms with van der Waals surface area (Å²) in [5.74, 6) is 0.0650. The number of phenolic OH excluding ortho intramolecular Hbond substituents is 1. The van der Waals surface area contributed by atoms with Crippen molar-refractivity contribution in [3.8, 4) is 5.75 Å². The molecule has 80 valence electrons. The topological polar surface area (TPSA) is 40.5 Å². The molecular weight excluding hydrogens is 190 g/mol. The van der Waals surface area contributed by atoms with Crippen LogP contribution in [-0.4, -0.2) is 29.4 Å². The lowest BCUT2D eigenvalue weighted by Gasteiger charge is -2.14. The molecule has 1 aromatic carbocycles. The van der Waals surface area contributed by atoms with Gasteiger partial charge in [-0.25, -0.2) is 0 Å². The molecule has 0 bridgehead atoms. The van der Waals surface area contributed by atoms with Gasteiger partial charge < -0.3 is 5.11 Å². The highest BCUT2D eigenvalue weighted by atomic mass is 16.3. The largest absolute Gasteiger partial charge is 0.507 e. The quantitative estimate of drug-likeness (QED) is 0.765. The number of carbonyl (C=O) groups is 1. The van der Waals surface area contributed by atoms with Gasteiger partial charge in [-0.1, -0.05) is 6.07 Å². The van der Waals surface area contributed by atoms with Crippen LogP contribution in [0.4, 0.5) is 0 Å². The standard InChI is InChI=1S/C12H15NO2/c14-9-11-7-10(3-4-12(11)15)8-13-5-1-2-6-13/h3-4,7,9,15H,1-2,5-6,8H2. The molecule has 1 heterocycles. The summed E-state index contributed by atoms with van der Waals surface area (Å²) in [7, 11) is 0. The van der Waals surface area contributed by atoms with Gasteiger partial charge >= 0.3 is 0 Å². The maximum absolute atomic E-state index is 10.6. The summed E-state index contributed by atoms with van der Waals surface area (Å²) < 4.78 is 0. The number of nitrogens with zero attached hydrogens (tertiary/aromatic N) is 1. The molecule has 1 aliphatic rings. The predicted octanol–water partition coefficient (Wildman–Crippen LogP) is 1.80. The van der Waals surface area contributed by atoms with Crippen molar-refractivity contribution in [2.45, 2.75) is 19.4 Å². The van der Waals surface area contributed by atoms with Crippen molar-refractivity contribution in [3.63, 3.8) is 0 Å². The van der Waals surface area contributed by atoms with Crippen LogP contribution in [-0.2, 0) is 6.54 Å². The van der Waals surface area contributed by atoms with E-state index in [0.29, 0.717) is 11.8 Å². The molecule has 15 heavy (non-hydrogen) atoms. The van der Waals surface area contributed by atoms with E-state index in [1.54, 1.807) is 12.1 Å². The number of likely N-dealkylation sites (tertiary alicyclic amines) is 1. The first kappa shape index (κ1) is 10.2. The van der Waals surface area contributed by atoms with Gasteiger partial charge in [0, 0.05) is 6.54 Å². The maximum Gasteiger partial charge on any atom is 0.153 e. The van der Waals surface area contributed by atoms with E-state index in [4.69, 9.17) is 0 Å². The third kappa shape index (κ3) is 2.36. The molecule has 1 fully saturated rings. The van der Waals surface area contributed by atoms with E-state index in [-0.39, 0.29) is 5.75 Å². The zero-order valence-electron chi connectivity index (χ0n) is 8.65. The molecule has 1 aromatic rings. The summed E-state index contributed by atoms with van der Waals surface area (Å²) in [4.78, 5) is 13.0. The number of aromatic hydroxyl groups is 1. The minimum Gasteiger partial charge on any atom is -0.507 e. The first-order chi connectivity index (χ1) is 7.29. The molecule has 3 nitrogen and oxygen atoms in total. The first-order valence-electron chi connectivity index (χ1n) is 5.29. The smallest absolute Gasteiger partial charge is 0.153 e. The lowest BCUT2D eigenvalue weighted by molar-refractivity contribution is 0.112. The van der Waals surface area contributed by atoms with Gasteiger partial charge in [0.2, 0.25) is 0 Å². The average Bonchev–Trinajstić information content (AvgIpc) is 2.73. The van der Waals surface area contributed by atoms with Gasteiger partial charge in [0.05, 0.1) is 5.56 Å². The fourth-order valence-corrected chi connectivity index (χ4v) is 2.00. The molecule has 0 unspecified atom stereocenters. The Balaban J connectivity index is 2.10. The number of benzene rings is 1. The van der Waals surface area contributed by atoms with E-state index in [1.807, 2.05) is 6.07 Å². The van der Waals surface area contributed by atoms with Gasteiger partial charge in [-0.15, -0.1) is 0 Å². The van der Waals surface area contributed by atoms with Crippen LogP contribution in [0.5, 0.6) is 5.75 Å². The van der Waals surface area contributed by atoms with Crippen molar-refractivity contribution >= 4 is 6.29 Å². The summed E-state index contributed by atoms with van der Waals surface area (Å²) in [6.07, 6.45) is 3.22. The monoisotopic (exact) mass is 205 g/mol. The van der Waals surface area contributed by atoms with Gasteiger partial charge in [-0.3, -0.25) is 9.69 Å². The van der Waals surface area contributed by atoms with Crippen molar-refractivity contribution < 1.29 is 9.90 Å². The Morgan fingerprint density at radius 1 is 1.33 bits per heavy atom. The molecular formula is C12H15NO2. The molecule has 0 amide bonds. The molecule has 0 spiro atoms. The second-order valence-electron chi connectivity index (χ2n) is 3.99. The number of hydrogen-bond acceptors (Lipinski definition) is 3. The fourth-order valence-electron chi connectivity index (χ4n) is 2.00. The summed E-state index contributed by atoms with van der Waals surface area (Å²) in [6, 6.07) is 5.23. The van der Waals surface area contributed by atoms with Gasteiger partial charge in [-0.2, -0.15) is 0 Å². The van der Waals surface area contributed by atoms with Crippen LogP contribution in [0, 0.1) is 0 Å². The zero-order chi connectivity index (χ0) is 10.7. The Bertz CT molecular complexity index is 357. The summed E-state index contributed by atoms with van der Waals surface area (Å²) in [5.41, 5.74) is 1.48. The predicted molar refractivity (Wildman–Crippen MR) is 58.0 cm³/mol. The minimum absolute atomic E-state index is 0.0650. The molecule has 1 saturated heterocycles. The third-order valence-electron chi connectivity index (χ3n) is 2.82. The van der Waals surface area contributed by atoms with E-state index in [2.05, 4.69) is 4.90 Å². The average molecular weight is 205 g/mol. The molecule has 3 heteroatoms. The molecule has 1 aliphatic heterocycles. The number of rotatable bonds is 3. The van der Waals surface area contributed by atoms with Crippen LogP contribution in [0.1, 0.15) is 28.8 Å². The SMILES string of the molecule is O=Cc1cc(CN2CCCC2)ccc1O. The summed E-state index contributed by atoms with van der Waals surface area (Å²) in [6.45, 7) is 3.15. The number of phenols is 1. The molecule has 0 radical (unpaired) electrons. The van der Waals surface area contributed by atoms with Gasteiger partial charge in [0.1, 0.15) is 5.75 Å². The highest BCUT2D eigenvalue weighted by Gasteiger charge is 2.12. The van der Waals surface area contributed by atoms with Crippen molar-refractivity contribution in [2.75, 3.05) is 13.1 Å². The molecule has 0 aromatic heterocycles. The van der Waals surface area contributed by atoms with Crippen molar-refractivity contribution in [1.82, 2.24) is 4.90 Å². The lowest BCUT2D eigenvalue weighted by Crippen LogP contribution is -2.18. The number of carbonyl (C=O) groups excluding carboxylic acids is 1. The van der Waals surface area contributed by atoms with E-state index >= 15 is 0 Å². The highest BCUT2D eigenvalue weighted by molar-refractivity contribution is 5.79. The van der Waals surface area contributed by atoms with Crippen LogP contribution in [0.25, 0.3) is 0 Å². The Morgan fingerprint density at radius 2 is 2.07 bits per heavy atom.